The first-order valence-corrected chi connectivity index (χ1v) is 5.59. The van der Waals surface area contributed by atoms with Crippen LogP contribution >= 0.6 is 11.6 Å². The molecule has 0 aromatic heterocycles. The molecule has 0 saturated heterocycles. The number of alkyl halides is 1. The van der Waals surface area contributed by atoms with E-state index in [1.54, 1.807) is 12.1 Å². The topological polar surface area (TPSA) is 12.0 Å². The van der Waals surface area contributed by atoms with Crippen LogP contribution in [0.3, 0.4) is 0 Å². The minimum Gasteiger partial charge on any atom is -0.312 e. The number of halogens is 2. The lowest BCUT2D eigenvalue weighted by Crippen LogP contribution is -2.30. The summed E-state index contributed by atoms with van der Waals surface area (Å²) < 4.78 is 13.2. The summed E-state index contributed by atoms with van der Waals surface area (Å²) in [7, 11) is 0. The van der Waals surface area contributed by atoms with Gasteiger partial charge >= 0.3 is 0 Å². The van der Waals surface area contributed by atoms with E-state index in [-0.39, 0.29) is 11.2 Å². The van der Waals surface area contributed by atoms with E-state index in [1.807, 2.05) is 6.07 Å². The molecule has 0 saturated carbocycles. The van der Waals surface area contributed by atoms with Gasteiger partial charge in [-0.05, 0) is 11.5 Å². The molecule has 0 bridgehead atoms. The molecular formula is C12H17ClFN. The standard InChI is InChI=1S/C12H17ClFN/c1-12(2,8-13)9-15-7-10-5-3-4-6-11(10)14/h3-6,15H,7-9H2,1-2H3. The molecule has 0 aliphatic carbocycles. The molecule has 0 radical (unpaired) electrons. The third-order valence-electron chi connectivity index (χ3n) is 2.24. The minimum absolute atomic E-state index is 0.0484. The lowest BCUT2D eigenvalue weighted by Gasteiger charge is -2.21. The fourth-order valence-corrected chi connectivity index (χ4v) is 1.32. The van der Waals surface area contributed by atoms with Crippen LogP contribution in [0, 0.1) is 11.2 Å². The van der Waals surface area contributed by atoms with Gasteiger partial charge in [-0.2, -0.15) is 0 Å². The van der Waals surface area contributed by atoms with Gasteiger partial charge in [-0.25, -0.2) is 4.39 Å². The summed E-state index contributed by atoms with van der Waals surface area (Å²) in [6.07, 6.45) is 0. The van der Waals surface area contributed by atoms with Crippen molar-refractivity contribution in [1.82, 2.24) is 5.32 Å². The van der Waals surface area contributed by atoms with E-state index in [2.05, 4.69) is 19.2 Å². The average Bonchev–Trinajstić information content (AvgIpc) is 2.21. The van der Waals surface area contributed by atoms with Crippen LogP contribution in [0.2, 0.25) is 0 Å². The lowest BCUT2D eigenvalue weighted by molar-refractivity contribution is 0.383. The number of nitrogens with one attached hydrogen (secondary N) is 1. The molecule has 0 heterocycles. The molecule has 0 atom stereocenters. The molecule has 0 aliphatic rings. The van der Waals surface area contributed by atoms with Crippen LogP contribution in [0.5, 0.6) is 0 Å². The van der Waals surface area contributed by atoms with Gasteiger partial charge in [-0.15, -0.1) is 11.6 Å². The van der Waals surface area contributed by atoms with E-state index in [1.165, 1.54) is 6.07 Å². The second kappa shape index (κ2) is 5.47. The SMILES string of the molecule is CC(C)(CCl)CNCc1ccccc1F. The maximum atomic E-state index is 13.2. The zero-order chi connectivity index (χ0) is 11.3. The van der Waals surface area contributed by atoms with Crippen LogP contribution in [0.15, 0.2) is 24.3 Å². The quantitative estimate of drug-likeness (QED) is 0.765. The largest absolute Gasteiger partial charge is 0.312 e. The van der Waals surface area contributed by atoms with Crippen LogP contribution in [-0.2, 0) is 6.54 Å². The highest BCUT2D eigenvalue weighted by molar-refractivity contribution is 6.18. The van der Waals surface area contributed by atoms with Crippen LogP contribution < -0.4 is 5.32 Å². The third kappa shape index (κ3) is 4.18. The van der Waals surface area contributed by atoms with E-state index in [0.29, 0.717) is 18.0 Å². The van der Waals surface area contributed by atoms with Crippen molar-refractivity contribution in [3.05, 3.63) is 35.6 Å². The average molecular weight is 230 g/mol. The van der Waals surface area contributed by atoms with Crippen molar-refractivity contribution in [1.29, 1.82) is 0 Å². The first kappa shape index (κ1) is 12.5. The van der Waals surface area contributed by atoms with Crippen molar-refractivity contribution in [2.24, 2.45) is 5.41 Å². The molecule has 0 spiro atoms. The zero-order valence-corrected chi connectivity index (χ0v) is 9.94. The van der Waals surface area contributed by atoms with Crippen molar-refractivity contribution in [3.8, 4) is 0 Å². The molecule has 1 nitrogen and oxygen atoms in total. The molecule has 15 heavy (non-hydrogen) atoms. The summed E-state index contributed by atoms with van der Waals surface area (Å²) in [5.74, 6) is 0.436. The number of hydrogen-bond acceptors (Lipinski definition) is 1. The summed E-state index contributed by atoms with van der Waals surface area (Å²) in [4.78, 5) is 0. The fraction of sp³-hybridized carbons (Fsp3) is 0.500. The van der Waals surface area contributed by atoms with Gasteiger partial charge < -0.3 is 5.32 Å². The molecular weight excluding hydrogens is 213 g/mol. The summed E-state index contributed by atoms with van der Waals surface area (Å²) in [6, 6.07) is 6.80. The Hall–Kier alpha value is -0.600. The molecule has 1 aromatic carbocycles. The first-order chi connectivity index (χ1) is 7.05. The van der Waals surface area contributed by atoms with Crippen molar-refractivity contribution in [2.45, 2.75) is 20.4 Å². The predicted molar refractivity (Wildman–Crippen MR) is 62.6 cm³/mol. The van der Waals surface area contributed by atoms with E-state index in [0.717, 1.165) is 6.54 Å². The number of rotatable bonds is 5. The summed E-state index contributed by atoms with van der Waals surface area (Å²) in [5.41, 5.74) is 0.746. The van der Waals surface area contributed by atoms with Gasteiger partial charge in [0.2, 0.25) is 0 Å². The van der Waals surface area contributed by atoms with Gasteiger partial charge in [0, 0.05) is 24.5 Å². The van der Waals surface area contributed by atoms with E-state index < -0.39 is 0 Å². The number of benzene rings is 1. The summed E-state index contributed by atoms with van der Waals surface area (Å²) in [5, 5.41) is 3.21. The molecule has 1 N–H and O–H groups in total. The highest BCUT2D eigenvalue weighted by atomic mass is 35.5. The Morgan fingerprint density at radius 1 is 1.33 bits per heavy atom. The molecule has 1 aromatic rings. The molecule has 0 amide bonds. The van der Waals surface area contributed by atoms with Crippen LogP contribution in [-0.4, -0.2) is 12.4 Å². The Morgan fingerprint density at radius 2 is 2.00 bits per heavy atom. The zero-order valence-electron chi connectivity index (χ0n) is 9.19. The molecule has 1 rings (SSSR count). The van der Waals surface area contributed by atoms with Gasteiger partial charge in [-0.1, -0.05) is 32.0 Å². The Morgan fingerprint density at radius 3 is 2.60 bits per heavy atom. The molecule has 0 unspecified atom stereocenters. The monoisotopic (exact) mass is 229 g/mol. The smallest absolute Gasteiger partial charge is 0.127 e. The van der Waals surface area contributed by atoms with Crippen molar-refractivity contribution >= 4 is 11.6 Å². The highest BCUT2D eigenvalue weighted by Crippen LogP contribution is 2.15. The van der Waals surface area contributed by atoms with E-state index >= 15 is 0 Å². The second-order valence-corrected chi connectivity index (χ2v) is 4.76. The lowest BCUT2D eigenvalue weighted by atomic mass is 9.96. The molecule has 0 fully saturated rings. The fourth-order valence-electron chi connectivity index (χ4n) is 1.22. The number of hydrogen-bond donors (Lipinski definition) is 1. The Labute approximate surface area is 95.6 Å². The predicted octanol–water partition coefficient (Wildman–Crippen LogP) is 3.18. The molecule has 84 valence electrons. The first-order valence-electron chi connectivity index (χ1n) is 5.05. The van der Waals surface area contributed by atoms with Crippen molar-refractivity contribution in [2.75, 3.05) is 12.4 Å². The maximum absolute atomic E-state index is 13.2. The maximum Gasteiger partial charge on any atom is 0.127 e. The van der Waals surface area contributed by atoms with Crippen LogP contribution in [0.25, 0.3) is 0 Å². The van der Waals surface area contributed by atoms with Gasteiger partial charge in [0.25, 0.3) is 0 Å². The van der Waals surface area contributed by atoms with Crippen molar-refractivity contribution < 1.29 is 4.39 Å². The normalized spacial score (nSPS) is 11.7. The summed E-state index contributed by atoms with van der Waals surface area (Å²) >= 11 is 5.79. The van der Waals surface area contributed by atoms with E-state index in [9.17, 15) is 4.39 Å². The van der Waals surface area contributed by atoms with Crippen LogP contribution in [0.1, 0.15) is 19.4 Å². The highest BCUT2D eigenvalue weighted by Gasteiger charge is 2.15. The Bertz CT molecular complexity index is 312. The molecule has 0 aliphatic heterocycles. The Kier molecular flexibility index (Phi) is 4.55. The molecule has 3 heteroatoms. The van der Waals surface area contributed by atoms with Gasteiger partial charge in [0.15, 0.2) is 0 Å². The Balaban J connectivity index is 2.42. The van der Waals surface area contributed by atoms with Crippen molar-refractivity contribution in [3.63, 3.8) is 0 Å². The van der Waals surface area contributed by atoms with Crippen LogP contribution in [0.4, 0.5) is 4.39 Å². The van der Waals surface area contributed by atoms with Gasteiger partial charge in [0.1, 0.15) is 5.82 Å². The minimum atomic E-state index is -0.159. The third-order valence-corrected chi connectivity index (χ3v) is 2.96. The van der Waals surface area contributed by atoms with Gasteiger partial charge in [0.05, 0.1) is 0 Å². The van der Waals surface area contributed by atoms with E-state index in [4.69, 9.17) is 11.6 Å². The summed E-state index contributed by atoms with van der Waals surface area (Å²) in [6.45, 7) is 5.49. The van der Waals surface area contributed by atoms with Gasteiger partial charge in [-0.3, -0.25) is 0 Å². The second-order valence-electron chi connectivity index (χ2n) is 4.49.